The van der Waals surface area contributed by atoms with Gasteiger partial charge in [-0.15, -0.1) is 0 Å². The number of aliphatic hydroxyl groups is 1. The van der Waals surface area contributed by atoms with Crippen molar-refractivity contribution in [3.05, 3.63) is 59.2 Å². The van der Waals surface area contributed by atoms with Crippen molar-refractivity contribution in [3.63, 3.8) is 0 Å². The van der Waals surface area contributed by atoms with E-state index in [9.17, 15) is 14.7 Å². The van der Waals surface area contributed by atoms with Gasteiger partial charge in [-0.05, 0) is 35.9 Å². The molecule has 2 aromatic rings. The van der Waals surface area contributed by atoms with Crippen LogP contribution in [0.2, 0.25) is 0 Å². The topological polar surface area (TPSA) is 97.8 Å². The molecule has 2 saturated heterocycles. The first kappa shape index (κ1) is 24.6. The smallest absolute Gasteiger partial charge is 0.295 e. The molecule has 0 spiro atoms. The van der Waals surface area contributed by atoms with Gasteiger partial charge in [0.15, 0.2) is 11.5 Å². The highest BCUT2D eigenvalue weighted by Gasteiger charge is 2.46. The van der Waals surface area contributed by atoms with Crippen molar-refractivity contribution in [2.45, 2.75) is 6.04 Å². The number of aliphatic hydroxyl groups excluding tert-OH is 1. The maximum Gasteiger partial charge on any atom is 0.295 e. The average Bonchev–Trinajstić information content (AvgIpc) is 3.16. The van der Waals surface area contributed by atoms with Crippen LogP contribution in [0.4, 0.5) is 0 Å². The van der Waals surface area contributed by atoms with Crippen molar-refractivity contribution in [2.75, 3.05) is 60.7 Å². The van der Waals surface area contributed by atoms with Gasteiger partial charge in [-0.3, -0.25) is 14.5 Å². The maximum absolute atomic E-state index is 13.3. The van der Waals surface area contributed by atoms with Crippen LogP contribution >= 0.6 is 0 Å². The summed E-state index contributed by atoms with van der Waals surface area (Å²) < 4.78 is 21.4. The fraction of sp³-hybridized carbons (Fsp3) is 0.385. The highest BCUT2D eigenvalue weighted by atomic mass is 16.5. The highest BCUT2D eigenvalue weighted by Crippen LogP contribution is 2.41. The first-order valence-corrected chi connectivity index (χ1v) is 11.4. The van der Waals surface area contributed by atoms with E-state index in [1.807, 2.05) is 6.07 Å². The van der Waals surface area contributed by atoms with E-state index in [0.29, 0.717) is 54.7 Å². The SMILES string of the molecule is COc1cccc(C2/C(=C(/O)c3ccc(OC)c(OC)c3)C(=O)C(=O)N2CCN2CCOCC2)c1. The Kier molecular flexibility index (Phi) is 7.57. The number of amides is 1. The summed E-state index contributed by atoms with van der Waals surface area (Å²) in [6, 6.07) is 11.3. The molecule has 186 valence electrons. The summed E-state index contributed by atoms with van der Waals surface area (Å²) in [5.74, 6) is -0.172. The Morgan fingerprint density at radius 2 is 1.71 bits per heavy atom. The first-order chi connectivity index (χ1) is 17.0. The summed E-state index contributed by atoms with van der Waals surface area (Å²) in [6.45, 7) is 3.72. The van der Waals surface area contributed by atoms with Crippen LogP contribution in [0.15, 0.2) is 48.0 Å². The Hall–Kier alpha value is -3.56. The molecule has 2 heterocycles. The lowest BCUT2D eigenvalue weighted by atomic mass is 9.95. The molecule has 2 aromatic carbocycles. The van der Waals surface area contributed by atoms with Crippen LogP contribution in [0.3, 0.4) is 0 Å². The van der Waals surface area contributed by atoms with E-state index in [2.05, 4.69) is 4.90 Å². The van der Waals surface area contributed by atoms with Crippen LogP contribution in [-0.4, -0.2) is 87.3 Å². The van der Waals surface area contributed by atoms with Gasteiger partial charge in [0.2, 0.25) is 0 Å². The van der Waals surface area contributed by atoms with Gasteiger partial charge in [0.25, 0.3) is 11.7 Å². The summed E-state index contributed by atoms with van der Waals surface area (Å²) in [7, 11) is 4.56. The lowest BCUT2D eigenvalue weighted by Gasteiger charge is -2.31. The summed E-state index contributed by atoms with van der Waals surface area (Å²) in [4.78, 5) is 30.2. The fourth-order valence-corrected chi connectivity index (χ4v) is 4.48. The number of hydrogen-bond donors (Lipinski definition) is 1. The van der Waals surface area contributed by atoms with E-state index in [1.165, 1.54) is 19.1 Å². The number of carbonyl (C=O) groups excluding carboxylic acids is 2. The predicted molar refractivity (Wildman–Crippen MR) is 129 cm³/mol. The highest BCUT2D eigenvalue weighted by molar-refractivity contribution is 6.46. The fourth-order valence-electron chi connectivity index (χ4n) is 4.48. The van der Waals surface area contributed by atoms with Gasteiger partial charge in [-0.25, -0.2) is 0 Å². The minimum atomic E-state index is -0.765. The average molecular weight is 483 g/mol. The van der Waals surface area contributed by atoms with Gasteiger partial charge in [0, 0.05) is 31.7 Å². The van der Waals surface area contributed by atoms with Crippen LogP contribution in [0.5, 0.6) is 17.2 Å². The Balaban J connectivity index is 1.77. The summed E-state index contributed by atoms with van der Waals surface area (Å²) >= 11 is 0. The number of Topliss-reactive ketones (excluding diaryl/α,β-unsaturated/α-hetero) is 1. The molecule has 0 aromatic heterocycles. The molecule has 1 unspecified atom stereocenters. The zero-order valence-electron chi connectivity index (χ0n) is 20.2. The molecule has 1 atom stereocenters. The van der Waals surface area contributed by atoms with Crippen molar-refractivity contribution >= 4 is 17.4 Å². The molecular weight excluding hydrogens is 452 g/mol. The molecule has 2 aliphatic heterocycles. The number of rotatable bonds is 8. The molecule has 2 fully saturated rings. The number of benzene rings is 2. The zero-order chi connectivity index (χ0) is 24.9. The standard InChI is InChI=1S/C26H30N2O7/c1-32-19-6-4-5-17(15-19)23-22(24(29)18-7-8-20(33-2)21(16-18)34-3)25(30)26(31)28(23)10-9-27-11-13-35-14-12-27/h4-8,15-16,23,29H,9-14H2,1-3H3/b24-22-. The third-order valence-corrected chi connectivity index (χ3v) is 6.37. The minimum absolute atomic E-state index is 0.0254. The second-order valence-corrected chi connectivity index (χ2v) is 8.29. The molecule has 0 radical (unpaired) electrons. The second-order valence-electron chi connectivity index (χ2n) is 8.29. The summed E-state index contributed by atoms with van der Waals surface area (Å²) in [6.07, 6.45) is 0. The van der Waals surface area contributed by atoms with Gasteiger partial charge in [0.1, 0.15) is 11.5 Å². The largest absolute Gasteiger partial charge is 0.507 e. The number of morpholine rings is 1. The van der Waals surface area contributed by atoms with Crippen molar-refractivity contribution in [2.24, 2.45) is 0 Å². The molecule has 0 bridgehead atoms. The quantitative estimate of drug-likeness (QED) is 0.348. The van der Waals surface area contributed by atoms with Crippen molar-refractivity contribution < 1.29 is 33.6 Å². The van der Waals surface area contributed by atoms with Crippen LogP contribution in [0, 0.1) is 0 Å². The first-order valence-electron chi connectivity index (χ1n) is 11.4. The molecule has 1 amide bonds. The van der Waals surface area contributed by atoms with Gasteiger partial charge < -0.3 is 29.0 Å². The van der Waals surface area contributed by atoms with Gasteiger partial charge in [0.05, 0.1) is 46.2 Å². The van der Waals surface area contributed by atoms with Crippen molar-refractivity contribution in [3.8, 4) is 17.2 Å². The number of nitrogens with zero attached hydrogens (tertiary/aromatic N) is 2. The van der Waals surface area contributed by atoms with E-state index in [4.69, 9.17) is 18.9 Å². The number of carbonyl (C=O) groups is 2. The summed E-state index contributed by atoms with van der Waals surface area (Å²) in [5.41, 5.74) is 1.05. The van der Waals surface area contributed by atoms with Crippen LogP contribution in [0.25, 0.3) is 5.76 Å². The molecular formula is C26H30N2O7. The lowest BCUT2D eigenvalue weighted by molar-refractivity contribution is -0.140. The lowest BCUT2D eigenvalue weighted by Crippen LogP contribution is -2.42. The van der Waals surface area contributed by atoms with E-state index in [-0.39, 0.29) is 11.3 Å². The van der Waals surface area contributed by atoms with Crippen LogP contribution in [0.1, 0.15) is 17.2 Å². The van der Waals surface area contributed by atoms with E-state index in [1.54, 1.807) is 43.5 Å². The number of hydrogen-bond acceptors (Lipinski definition) is 8. The monoisotopic (exact) mass is 482 g/mol. The van der Waals surface area contributed by atoms with Crippen LogP contribution in [-0.2, 0) is 14.3 Å². The predicted octanol–water partition coefficient (Wildman–Crippen LogP) is 2.47. The molecule has 4 rings (SSSR count). The Labute approximate surface area is 204 Å². The van der Waals surface area contributed by atoms with Gasteiger partial charge in [-0.1, -0.05) is 12.1 Å². The molecule has 9 heteroatoms. The van der Waals surface area contributed by atoms with Crippen molar-refractivity contribution in [1.82, 2.24) is 9.80 Å². The molecule has 1 N–H and O–H groups in total. The third-order valence-electron chi connectivity index (χ3n) is 6.37. The zero-order valence-corrected chi connectivity index (χ0v) is 20.2. The maximum atomic E-state index is 13.3. The van der Waals surface area contributed by atoms with E-state index < -0.39 is 17.7 Å². The molecule has 0 saturated carbocycles. The number of likely N-dealkylation sites (tertiary alicyclic amines) is 1. The van der Waals surface area contributed by atoms with E-state index in [0.717, 1.165) is 13.1 Å². The molecule has 35 heavy (non-hydrogen) atoms. The van der Waals surface area contributed by atoms with Crippen molar-refractivity contribution in [1.29, 1.82) is 0 Å². The number of ether oxygens (including phenoxy) is 4. The Bertz CT molecular complexity index is 1120. The molecule has 9 nitrogen and oxygen atoms in total. The van der Waals surface area contributed by atoms with Gasteiger partial charge >= 0.3 is 0 Å². The molecule has 2 aliphatic rings. The summed E-state index contributed by atoms with van der Waals surface area (Å²) in [5, 5.41) is 11.3. The Morgan fingerprint density at radius 1 is 0.971 bits per heavy atom. The molecule has 0 aliphatic carbocycles. The minimum Gasteiger partial charge on any atom is -0.507 e. The number of methoxy groups -OCH3 is 3. The second kappa shape index (κ2) is 10.8. The normalized spacial score (nSPS) is 20.2. The van der Waals surface area contributed by atoms with Gasteiger partial charge in [-0.2, -0.15) is 0 Å². The Morgan fingerprint density at radius 3 is 2.40 bits per heavy atom. The number of ketones is 1. The van der Waals surface area contributed by atoms with Crippen LogP contribution < -0.4 is 14.2 Å². The van der Waals surface area contributed by atoms with E-state index >= 15 is 0 Å². The third kappa shape index (κ3) is 4.96.